The molecule has 0 aliphatic heterocycles. The van der Waals surface area contributed by atoms with Gasteiger partial charge in [-0.1, -0.05) is 32.0 Å². The van der Waals surface area contributed by atoms with Crippen molar-refractivity contribution >= 4 is 34.6 Å². The number of thiophene rings is 1. The van der Waals surface area contributed by atoms with Gasteiger partial charge in [0.05, 0.1) is 22.5 Å². The van der Waals surface area contributed by atoms with Crippen LogP contribution in [0.5, 0.6) is 0 Å². The van der Waals surface area contributed by atoms with E-state index in [1.807, 2.05) is 23.0 Å². The lowest BCUT2D eigenvalue weighted by molar-refractivity contribution is 0.854. The Bertz CT molecular complexity index is 1120. The molecule has 3 aromatic heterocycles. The van der Waals surface area contributed by atoms with Crippen LogP contribution in [0.3, 0.4) is 0 Å². The molecule has 0 atom stereocenters. The zero-order valence-corrected chi connectivity index (χ0v) is 17.3. The van der Waals surface area contributed by atoms with Crippen molar-refractivity contribution in [2.24, 2.45) is 10.1 Å². The third-order valence-electron chi connectivity index (χ3n) is 4.27. The van der Waals surface area contributed by atoms with Gasteiger partial charge in [-0.05, 0) is 52.8 Å². The van der Waals surface area contributed by atoms with Crippen LogP contribution in [-0.4, -0.2) is 15.9 Å². The van der Waals surface area contributed by atoms with E-state index in [2.05, 4.69) is 66.0 Å². The lowest BCUT2D eigenvalue weighted by atomic mass is 10.0. The molecule has 0 saturated heterocycles. The first kappa shape index (κ1) is 18.5. The van der Waals surface area contributed by atoms with E-state index in [9.17, 15) is 0 Å². The van der Waals surface area contributed by atoms with Crippen LogP contribution >= 0.6 is 22.7 Å². The Kier molecular flexibility index (Phi) is 5.60. The van der Waals surface area contributed by atoms with E-state index in [1.165, 1.54) is 10.4 Å². The molecule has 0 amide bonds. The molecule has 4 rings (SSSR count). The number of thiazole rings is 1. The van der Waals surface area contributed by atoms with Gasteiger partial charge in [-0.25, -0.2) is 9.67 Å². The van der Waals surface area contributed by atoms with Gasteiger partial charge in [0.2, 0.25) is 4.80 Å². The van der Waals surface area contributed by atoms with Crippen molar-refractivity contribution in [3.63, 3.8) is 0 Å². The van der Waals surface area contributed by atoms with E-state index < -0.39 is 0 Å². The van der Waals surface area contributed by atoms with Crippen molar-refractivity contribution in [1.29, 1.82) is 0 Å². The minimum atomic E-state index is 0.510. The number of nitrogens with zero attached hydrogens (tertiary/aromatic N) is 4. The summed E-state index contributed by atoms with van der Waals surface area (Å²) in [5.41, 5.74) is 4.28. The van der Waals surface area contributed by atoms with Crippen molar-refractivity contribution in [3.05, 3.63) is 87.6 Å². The van der Waals surface area contributed by atoms with Gasteiger partial charge >= 0.3 is 0 Å². The first-order valence-corrected chi connectivity index (χ1v) is 10.8. The number of aromatic nitrogens is 2. The quantitative estimate of drug-likeness (QED) is 0.381. The smallest absolute Gasteiger partial charge is 0.211 e. The molecule has 0 bridgehead atoms. The Morgan fingerprint density at radius 3 is 2.46 bits per heavy atom. The number of rotatable bonds is 5. The molecular weight excluding hydrogens is 384 g/mol. The molecule has 0 N–H and O–H groups in total. The first-order valence-electron chi connectivity index (χ1n) is 9.04. The molecule has 0 aliphatic carbocycles. The minimum absolute atomic E-state index is 0.510. The maximum absolute atomic E-state index is 4.84. The van der Waals surface area contributed by atoms with Gasteiger partial charge < -0.3 is 0 Å². The van der Waals surface area contributed by atoms with Gasteiger partial charge in [-0.15, -0.1) is 22.7 Å². The molecule has 4 nitrogen and oxygen atoms in total. The minimum Gasteiger partial charge on any atom is -0.265 e. The lowest BCUT2D eigenvalue weighted by Crippen LogP contribution is -2.11. The summed E-state index contributed by atoms with van der Waals surface area (Å²) < 4.78 is 1.91. The maximum atomic E-state index is 4.84. The number of hydrogen-bond acceptors (Lipinski definition) is 5. The predicted octanol–water partition coefficient (Wildman–Crippen LogP) is 5.91. The summed E-state index contributed by atoms with van der Waals surface area (Å²) in [6, 6.07) is 16.4. The fourth-order valence-corrected chi connectivity index (χ4v) is 4.35. The average molecular weight is 405 g/mol. The normalized spacial score (nSPS) is 12.3. The highest BCUT2D eigenvalue weighted by molar-refractivity contribution is 7.14. The Hall–Kier alpha value is -2.83. The third-order valence-corrected chi connectivity index (χ3v) is 5.98. The Morgan fingerprint density at radius 2 is 1.79 bits per heavy atom. The second-order valence-electron chi connectivity index (χ2n) is 6.58. The molecule has 1 aromatic carbocycles. The molecule has 0 aliphatic rings. The van der Waals surface area contributed by atoms with Crippen LogP contribution in [0.25, 0.3) is 10.6 Å². The van der Waals surface area contributed by atoms with Crippen molar-refractivity contribution < 1.29 is 0 Å². The second kappa shape index (κ2) is 8.46. The Balaban J connectivity index is 1.77. The lowest BCUT2D eigenvalue weighted by Gasteiger charge is -2.04. The van der Waals surface area contributed by atoms with Gasteiger partial charge in [0, 0.05) is 17.8 Å². The fraction of sp³-hybridized carbons (Fsp3) is 0.136. The van der Waals surface area contributed by atoms with Crippen LogP contribution in [0.15, 0.2) is 81.8 Å². The van der Waals surface area contributed by atoms with Gasteiger partial charge in [-0.3, -0.25) is 4.98 Å². The van der Waals surface area contributed by atoms with E-state index in [0.29, 0.717) is 5.92 Å². The monoisotopic (exact) mass is 404 g/mol. The number of pyridine rings is 1. The molecule has 0 unspecified atom stereocenters. The SMILES string of the molecule is CC(C)c1ccc(N=c2scc(-c3cccs3)n2N=Cc2ccncc2)cc1. The molecule has 6 heteroatoms. The number of hydrogen-bond donors (Lipinski definition) is 0. The van der Waals surface area contributed by atoms with Crippen LogP contribution in [0.1, 0.15) is 30.9 Å². The Labute approximate surface area is 172 Å². The summed E-state index contributed by atoms with van der Waals surface area (Å²) in [6.07, 6.45) is 5.37. The summed E-state index contributed by atoms with van der Waals surface area (Å²) in [7, 11) is 0. The van der Waals surface area contributed by atoms with Crippen molar-refractivity contribution in [2.45, 2.75) is 19.8 Å². The highest BCUT2D eigenvalue weighted by atomic mass is 32.1. The second-order valence-corrected chi connectivity index (χ2v) is 8.36. The Morgan fingerprint density at radius 1 is 1.00 bits per heavy atom. The molecule has 0 radical (unpaired) electrons. The molecular formula is C22H20N4S2. The third kappa shape index (κ3) is 4.18. The predicted molar refractivity (Wildman–Crippen MR) is 119 cm³/mol. The first-order chi connectivity index (χ1) is 13.7. The summed E-state index contributed by atoms with van der Waals surface area (Å²) in [6.45, 7) is 4.39. The molecule has 3 heterocycles. The van der Waals surface area contributed by atoms with E-state index in [1.54, 1.807) is 35.1 Å². The maximum Gasteiger partial charge on any atom is 0.211 e. The summed E-state index contributed by atoms with van der Waals surface area (Å²) in [4.78, 5) is 10.9. The zero-order valence-electron chi connectivity index (χ0n) is 15.7. The van der Waals surface area contributed by atoms with Gasteiger partial charge in [0.15, 0.2) is 0 Å². The van der Waals surface area contributed by atoms with E-state index in [4.69, 9.17) is 10.1 Å². The summed E-state index contributed by atoms with van der Waals surface area (Å²) in [5, 5.41) is 8.90. The van der Waals surface area contributed by atoms with E-state index >= 15 is 0 Å². The molecule has 0 saturated carbocycles. The van der Waals surface area contributed by atoms with E-state index in [0.717, 1.165) is 21.7 Å². The topological polar surface area (TPSA) is 42.5 Å². The highest BCUT2D eigenvalue weighted by Gasteiger charge is 2.08. The van der Waals surface area contributed by atoms with Crippen molar-refractivity contribution in [2.75, 3.05) is 0 Å². The van der Waals surface area contributed by atoms with Gasteiger partial charge in [0.1, 0.15) is 0 Å². The van der Waals surface area contributed by atoms with Gasteiger partial charge in [0.25, 0.3) is 0 Å². The van der Waals surface area contributed by atoms with E-state index in [-0.39, 0.29) is 0 Å². The molecule has 0 spiro atoms. The van der Waals surface area contributed by atoms with Crippen LogP contribution < -0.4 is 4.80 Å². The summed E-state index contributed by atoms with van der Waals surface area (Å²) >= 11 is 3.29. The summed E-state index contributed by atoms with van der Waals surface area (Å²) in [5.74, 6) is 0.510. The molecule has 28 heavy (non-hydrogen) atoms. The van der Waals surface area contributed by atoms with Gasteiger partial charge in [-0.2, -0.15) is 5.10 Å². The zero-order chi connectivity index (χ0) is 19.3. The molecule has 4 aromatic rings. The van der Waals surface area contributed by atoms with Crippen LogP contribution in [-0.2, 0) is 0 Å². The van der Waals surface area contributed by atoms with Crippen molar-refractivity contribution in [1.82, 2.24) is 9.66 Å². The largest absolute Gasteiger partial charge is 0.265 e. The van der Waals surface area contributed by atoms with Crippen molar-refractivity contribution in [3.8, 4) is 10.6 Å². The standard InChI is InChI=1S/C22H20N4S2/c1-16(2)18-5-7-19(8-6-18)25-22-26(24-14-17-9-11-23-12-10-17)20(15-28-22)21-4-3-13-27-21/h3-16H,1-2H3. The van der Waals surface area contributed by atoms with Crippen LogP contribution in [0.2, 0.25) is 0 Å². The van der Waals surface area contributed by atoms with Crippen LogP contribution in [0, 0.1) is 0 Å². The molecule has 140 valence electrons. The highest BCUT2D eigenvalue weighted by Crippen LogP contribution is 2.25. The number of benzene rings is 1. The van der Waals surface area contributed by atoms with Crippen LogP contribution in [0.4, 0.5) is 5.69 Å². The fourth-order valence-electron chi connectivity index (χ4n) is 2.70. The molecule has 0 fully saturated rings. The average Bonchev–Trinajstić information content (AvgIpc) is 3.37.